The molecule has 7 atom stereocenters. The second kappa shape index (κ2) is 10.1. The Hall–Kier alpha value is -1.83. The van der Waals surface area contributed by atoms with Crippen molar-refractivity contribution in [2.24, 2.45) is 0 Å². The topological polar surface area (TPSA) is 192 Å². The van der Waals surface area contributed by atoms with E-state index in [1.807, 2.05) is 0 Å². The highest BCUT2D eigenvalue weighted by molar-refractivity contribution is 5.76. The molecule has 6 N–H and O–H groups in total. The lowest BCUT2D eigenvalue weighted by atomic mass is 9.88. The van der Waals surface area contributed by atoms with Gasteiger partial charge in [0, 0.05) is 13.8 Å². The first kappa shape index (κ1) is 24.2. The van der Waals surface area contributed by atoms with Gasteiger partial charge in [-0.1, -0.05) is 0 Å². The predicted octanol–water partition coefficient (Wildman–Crippen LogP) is -2.90. The number of aliphatic carboxylic acids is 1. The Morgan fingerprint density at radius 3 is 2.29 bits per heavy atom. The fourth-order valence-corrected chi connectivity index (χ4v) is 2.79. The fraction of sp³-hybridized carbons (Fsp3) is 0.812. The van der Waals surface area contributed by atoms with E-state index in [1.165, 1.54) is 6.92 Å². The van der Waals surface area contributed by atoms with Crippen LogP contribution in [0.5, 0.6) is 0 Å². The third-order valence-electron chi connectivity index (χ3n) is 3.96. The summed E-state index contributed by atoms with van der Waals surface area (Å²) in [4.78, 5) is 34.3. The molecule has 12 heteroatoms. The van der Waals surface area contributed by atoms with E-state index >= 15 is 0 Å². The van der Waals surface area contributed by atoms with Crippen molar-refractivity contribution >= 4 is 17.8 Å². The molecule has 0 bridgehead atoms. The number of carboxylic acids is 1. The van der Waals surface area contributed by atoms with E-state index in [0.717, 1.165) is 13.8 Å². The maximum absolute atomic E-state index is 11.5. The average Bonchev–Trinajstić information content (AvgIpc) is 2.55. The largest absolute Gasteiger partial charge is 0.477 e. The molecule has 1 heterocycles. The third-order valence-corrected chi connectivity index (χ3v) is 3.96. The number of ether oxygens (including phenoxy) is 3. The summed E-state index contributed by atoms with van der Waals surface area (Å²) in [5.74, 6) is -6.06. The number of hydrogen-bond acceptors (Lipinski definition) is 10. The van der Waals surface area contributed by atoms with Crippen molar-refractivity contribution in [3.05, 3.63) is 0 Å². The molecule has 1 unspecified atom stereocenters. The Balaban J connectivity index is 3.12. The molecule has 1 aliphatic heterocycles. The molecule has 1 aliphatic rings. The monoisotopic (exact) mass is 409 g/mol. The van der Waals surface area contributed by atoms with Gasteiger partial charge in [-0.05, 0) is 6.92 Å². The van der Waals surface area contributed by atoms with Crippen molar-refractivity contribution in [1.82, 2.24) is 5.32 Å². The van der Waals surface area contributed by atoms with E-state index in [2.05, 4.69) is 5.32 Å². The first-order valence-electron chi connectivity index (χ1n) is 8.57. The number of esters is 1. The molecule has 0 saturated carbocycles. The molecule has 12 nitrogen and oxygen atoms in total. The molecule has 1 rings (SSSR count). The maximum Gasteiger partial charge on any atom is 0.364 e. The van der Waals surface area contributed by atoms with Gasteiger partial charge in [0.1, 0.15) is 24.4 Å². The van der Waals surface area contributed by atoms with Crippen molar-refractivity contribution < 1.29 is 54.1 Å². The molecule has 1 amide bonds. The number of amides is 1. The number of carboxylic acid groups (broad SMARTS) is 1. The highest BCUT2D eigenvalue weighted by Crippen LogP contribution is 2.32. The zero-order valence-electron chi connectivity index (χ0n) is 15.8. The van der Waals surface area contributed by atoms with Gasteiger partial charge in [0.05, 0.1) is 31.8 Å². The van der Waals surface area contributed by atoms with Crippen LogP contribution in [-0.2, 0) is 28.6 Å². The van der Waals surface area contributed by atoms with Gasteiger partial charge in [-0.25, -0.2) is 4.79 Å². The predicted molar refractivity (Wildman–Crippen MR) is 89.7 cm³/mol. The standard InChI is InChI=1S/C16H27NO11/c1-7(18)5-26-6-10(21)13(22)14-12(17-8(2)19)11(27-9(3)20)4-16(25,28-14)15(23)24/h7,10-14,18,21-22,25H,4-6H2,1-3H3,(H,17,19)(H,23,24)/t7?,10-,11+,12-,13-,14-,16+/m1/s1. The van der Waals surface area contributed by atoms with Gasteiger partial charge in [0.25, 0.3) is 5.79 Å². The third kappa shape index (κ3) is 6.65. The van der Waals surface area contributed by atoms with Crippen LogP contribution in [0.3, 0.4) is 0 Å². The lowest BCUT2D eigenvalue weighted by molar-refractivity contribution is -0.296. The minimum Gasteiger partial charge on any atom is -0.477 e. The summed E-state index contributed by atoms with van der Waals surface area (Å²) in [5.41, 5.74) is 0. The van der Waals surface area contributed by atoms with Crippen LogP contribution in [0.25, 0.3) is 0 Å². The van der Waals surface area contributed by atoms with Crippen LogP contribution in [-0.4, -0.2) is 98.9 Å². The Morgan fingerprint density at radius 1 is 1.21 bits per heavy atom. The Bertz CT molecular complexity index is 569. The molecule has 0 aromatic heterocycles. The summed E-state index contributed by atoms with van der Waals surface area (Å²) >= 11 is 0. The minimum absolute atomic E-state index is 0.139. The van der Waals surface area contributed by atoms with E-state index in [0.29, 0.717) is 0 Å². The molecular weight excluding hydrogens is 382 g/mol. The van der Waals surface area contributed by atoms with Crippen LogP contribution >= 0.6 is 0 Å². The second-order valence-corrected chi connectivity index (χ2v) is 6.69. The fourth-order valence-electron chi connectivity index (χ4n) is 2.79. The van der Waals surface area contributed by atoms with Crippen LogP contribution in [0.15, 0.2) is 0 Å². The van der Waals surface area contributed by atoms with Gasteiger partial charge in [-0.2, -0.15) is 0 Å². The summed E-state index contributed by atoms with van der Waals surface area (Å²) in [7, 11) is 0. The number of nitrogens with one attached hydrogen (secondary N) is 1. The van der Waals surface area contributed by atoms with Gasteiger partial charge >= 0.3 is 11.9 Å². The quantitative estimate of drug-likeness (QED) is 0.214. The number of aliphatic hydroxyl groups is 4. The van der Waals surface area contributed by atoms with Crippen molar-refractivity contribution in [2.75, 3.05) is 13.2 Å². The van der Waals surface area contributed by atoms with E-state index < -0.39 is 73.2 Å². The number of hydrogen-bond donors (Lipinski definition) is 6. The number of carbonyl (C=O) groups excluding carboxylic acids is 2. The zero-order chi connectivity index (χ0) is 21.6. The number of rotatable bonds is 9. The summed E-state index contributed by atoms with van der Waals surface area (Å²) in [6, 6.07) is -1.26. The molecule has 162 valence electrons. The van der Waals surface area contributed by atoms with Crippen molar-refractivity contribution in [2.45, 2.75) is 69.5 Å². The Kier molecular flexibility index (Phi) is 8.73. The Labute approximate surface area is 161 Å². The zero-order valence-corrected chi connectivity index (χ0v) is 15.8. The molecule has 0 spiro atoms. The highest BCUT2D eigenvalue weighted by atomic mass is 16.7. The second-order valence-electron chi connectivity index (χ2n) is 6.69. The first-order valence-corrected chi connectivity index (χ1v) is 8.57. The lowest BCUT2D eigenvalue weighted by Crippen LogP contribution is -2.67. The normalized spacial score (nSPS) is 30.8. The van der Waals surface area contributed by atoms with Crippen molar-refractivity contribution in [3.8, 4) is 0 Å². The van der Waals surface area contributed by atoms with Gasteiger partial charge in [-0.15, -0.1) is 0 Å². The number of aliphatic hydroxyl groups excluding tert-OH is 3. The summed E-state index contributed by atoms with van der Waals surface area (Å²) < 4.78 is 15.1. The van der Waals surface area contributed by atoms with Crippen LogP contribution in [0.4, 0.5) is 0 Å². The van der Waals surface area contributed by atoms with Crippen molar-refractivity contribution in [1.29, 1.82) is 0 Å². The van der Waals surface area contributed by atoms with Gasteiger partial charge in [0.15, 0.2) is 0 Å². The van der Waals surface area contributed by atoms with Gasteiger partial charge in [0.2, 0.25) is 5.91 Å². The van der Waals surface area contributed by atoms with Gasteiger partial charge < -0.3 is 45.1 Å². The van der Waals surface area contributed by atoms with Crippen molar-refractivity contribution in [3.63, 3.8) is 0 Å². The molecule has 28 heavy (non-hydrogen) atoms. The first-order chi connectivity index (χ1) is 12.9. The summed E-state index contributed by atoms with van der Waals surface area (Å²) in [6.45, 7) is 3.03. The smallest absolute Gasteiger partial charge is 0.364 e. The number of carbonyl (C=O) groups is 3. The Morgan fingerprint density at radius 2 is 1.82 bits per heavy atom. The molecule has 0 aromatic carbocycles. The molecule has 0 aromatic rings. The maximum atomic E-state index is 11.5. The van der Waals surface area contributed by atoms with Crippen LogP contribution in [0.1, 0.15) is 27.2 Å². The van der Waals surface area contributed by atoms with E-state index in [9.17, 15) is 34.8 Å². The van der Waals surface area contributed by atoms with Crippen LogP contribution < -0.4 is 5.32 Å². The molecular formula is C16H27NO11. The summed E-state index contributed by atoms with van der Waals surface area (Å²) in [5, 5.41) is 51.6. The van der Waals surface area contributed by atoms with E-state index in [1.54, 1.807) is 0 Å². The van der Waals surface area contributed by atoms with E-state index in [-0.39, 0.29) is 6.61 Å². The minimum atomic E-state index is -2.83. The van der Waals surface area contributed by atoms with Crippen LogP contribution in [0.2, 0.25) is 0 Å². The molecule has 1 fully saturated rings. The van der Waals surface area contributed by atoms with Crippen LogP contribution in [0, 0.1) is 0 Å². The molecule has 0 aliphatic carbocycles. The molecule has 1 saturated heterocycles. The lowest BCUT2D eigenvalue weighted by Gasteiger charge is -2.45. The summed E-state index contributed by atoms with van der Waals surface area (Å²) in [6.07, 6.45) is -8.03. The SMILES string of the molecule is CC(=O)N[C@H]1[C@H]([C@H](O)[C@H](O)COCC(C)O)O[C@](O)(C(=O)O)C[C@@H]1OC(C)=O. The van der Waals surface area contributed by atoms with Gasteiger partial charge in [-0.3, -0.25) is 9.59 Å². The van der Waals surface area contributed by atoms with E-state index in [4.69, 9.17) is 19.3 Å². The highest BCUT2D eigenvalue weighted by Gasteiger charge is 2.55. The molecule has 0 radical (unpaired) electrons. The average molecular weight is 409 g/mol.